The maximum atomic E-state index is 4.58. The maximum Gasteiger partial charge on any atom is 0.134 e. The van der Waals surface area contributed by atoms with Gasteiger partial charge in [0.05, 0.1) is 0 Å². The molecule has 0 radical (unpaired) electrons. The standard InChI is InChI=1S/C13H24N4/c1-5-8-11-16-12(14-7-3)10(4)13(17-11)15-9-6-2/h5-9H2,1-4H3,(H2,14,15,16,17). The molecule has 0 saturated carbocycles. The highest BCUT2D eigenvalue weighted by Crippen LogP contribution is 2.20. The van der Waals surface area contributed by atoms with E-state index in [9.17, 15) is 0 Å². The molecule has 0 saturated heterocycles. The average Bonchev–Trinajstić information content (AvgIpc) is 2.32. The number of aryl methyl sites for hydroxylation is 1. The monoisotopic (exact) mass is 236 g/mol. The second-order valence-corrected chi connectivity index (χ2v) is 4.17. The number of hydrogen-bond donors (Lipinski definition) is 2. The molecule has 0 aliphatic rings. The van der Waals surface area contributed by atoms with Crippen molar-refractivity contribution in [2.45, 2.75) is 47.0 Å². The molecule has 1 aromatic heterocycles. The Morgan fingerprint density at radius 2 is 1.59 bits per heavy atom. The van der Waals surface area contributed by atoms with Crippen LogP contribution in [0.5, 0.6) is 0 Å². The van der Waals surface area contributed by atoms with Gasteiger partial charge in [-0.1, -0.05) is 13.8 Å². The van der Waals surface area contributed by atoms with E-state index in [1.165, 1.54) is 0 Å². The molecule has 0 atom stereocenters. The highest BCUT2D eigenvalue weighted by Gasteiger charge is 2.09. The Balaban J connectivity index is 2.99. The zero-order valence-electron chi connectivity index (χ0n) is 11.4. The van der Waals surface area contributed by atoms with Crippen molar-refractivity contribution in [3.63, 3.8) is 0 Å². The van der Waals surface area contributed by atoms with E-state index in [0.29, 0.717) is 0 Å². The summed E-state index contributed by atoms with van der Waals surface area (Å²) in [6.07, 6.45) is 3.10. The van der Waals surface area contributed by atoms with Crippen molar-refractivity contribution < 1.29 is 0 Å². The van der Waals surface area contributed by atoms with Crippen LogP contribution in [0.15, 0.2) is 0 Å². The fourth-order valence-corrected chi connectivity index (χ4v) is 1.65. The molecule has 0 amide bonds. The summed E-state index contributed by atoms with van der Waals surface area (Å²) in [4.78, 5) is 9.14. The predicted octanol–water partition coefficient (Wildman–Crippen LogP) is 2.99. The van der Waals surface area contributed by atoms with Crippen molar-refractivity contribution in [2.75, 3.05) is 23.7 Å². The fraction of sp³-hybridized carbons (Fsp3) is 0.692. The van der Waals surface area contributed by atoms with Gasteiger partial charge >= 0.3 is 0 Å². The first-order chi connectivity index (χ1) is 8.22. The number of rotatable bonds is 7. The fourth-order valence-electron chi connectivity index (χ4n) is 1.65. The molecule has 0 spiro atoms. The Morgan fingerprint density at radius 1 is 0.941 bits per heavy atom. The minimum Gasteiger partial charge on any atom is -0.370 e. The molecular weight excluding hydrogens is 212 g/mol. The van der Waals surface area contributed by atoms with E-state index >= 15 is 0 Å². The molecule has 0 aliphatic heterocycles. The van der Waals surface area contributed by atoms with Crippen molar-refractivity contribution in [2.24, 2.45) is 0 Å². The molecular formula is C13H24N4. The highest BCUT2D eigenvalue weighted by molar-refractivity contribution is 5.57. The molecule has 1 rings (SSSR count). The number of hydrogen-bond acceptors (Lipinski definition) is 4. The van der Waals surface area contributed by atoms with Crippen molar-refractivity contribution in [3.05, 3.63) is 11.4 Å². The number of nitrogens with one attached hydrogen (secondary N) is 2. The third kappa shape index (κ3) is 3.88. The summed E-state index contributed by atoms with van der Waals surface area (Å²) < 4.78 is 0. The van der Waals surface area contributed by atoms with Crippen molar-refractivity contribution in [3.8, 4) is 0 Å². The SMILES string of the molecule is CCCNc1nc(CCC)nc(NCC)c1C. The largest absolute Gasteiger partial charge is 0.370 e. The van der Waals surface area contributed by atoms with E-state index in [0.717, 1.165) is 55.4 Å². The van der Waals surface area contributed by atoms with Gasteiger partial charge in [0.15, 0.2) is 0 Å². The Bertz CT molecular complexity index is 350. The summed E-state index contributed by atoms with van der Waals surface area (Å²) >= 11 is 0. The smallest absolute Gasteiger partial charge is 0.134 e. The molecule has 0 aliphatic carbocycles. The van der Waals surface area contributed by atoms with Crippen LogP contribution in [0.4, 0.5) is 11.6 Å². The lowest BCUT2D eigenvalue weighted by Gasteiger charge is -2.14. The summed E-state index contributed by atoms with van der Waals surface area (Å²) in [5, 5.41) is 6.67. The van der Waals surface area contributed by atoms with E-state index in [4.69, 9.17) is 0 Å². The van der Waals surface area contributed by atoms with Crippen LogP contribution in [-0.2, 0) is 6.42 Å². The minimum absolute atomic E-state index is 0.886. The molecule has 96 valence electrons. The van der Waals surface area contributed by atoms with E-state index in [1.54, 1.807) is 0 Å². The normalized spacial score (nSPS) is 10.4. The van der Waals surface area contributed by atoms with Gasteiger partial charge in [-0.25, -0.2) is 9.97 Å². The predicted molar refractivity (Wildman–Crippen MR) is 73.7 cm³/mol. The topological polar surface area (TPSA) is 49.8 Å². The molecule has 1 heterocycles. The Morgan fingerprint density at radius 3 is 2.12 bits per heavy atom. The van der Waals surface area contributed by atoms with Crippen LogP contribution in [0.3, 0.4) is 0 Å². The molecule has 0 unspecified atom stereocenters. The molecule has 1 aromatic rings. The van der Waals surface area contributed by atoms with Crippen LogP contribution >= 0.6 is 0 Å². The minimum atomic E-state index is 0.886. The molecule has 4 heteroatoms. The molecule has 0 aromatic carbocycles. The maximum absolute atomic E-state index is 4.58. The van der Waals surface area contributed by atoms with Crippen LogP contribution in [0.25, 0.3) is 0 Å². The first kappa shape index (κ1) is 13.7. The van der Waals surface area contributed by atoms with Crippen LogP contribution in [0.1, 0.15) is 45.0 Å². The van der Waals surface area contributed by atoms with Crippen LogP contribution in [0, 0.1) is 6.92 Å². The third-order valence-electron chi connectivity index (χ3n) is 2.55. The van der Waals surface area contributed by atoms with Gasteiger partial charge in [-0.15, -0.1) is 0 Å². The second-order valence-electron chi connectivity index (χ2n) is 4.17. The van der Waals surface area contributed by atoms with Gasteiger partial charge < -0.3 is 10.6 Å². The summed E-state index contributed by atoms with van der Waals surface area (Å²) in [6, 6.07) is 0. The van der Waals surface area contributed by atoms with Crippen LogP contribution in [-0.4, -0.2) is 23.1 Å². The quantitative estimate of drug-likeness (QED) is 0.764. The Kier molecular flexibility index (Phi) is 5.73. The van der Waals surface area contributed by atoms with Gasteiger partial charge in [0.25, 0.3) is 0 Å². The van der Waals surface area contributed by atoms with Gasteiger partial charge in [-0.2, -0.15) is 0 Å². The van der Waals surface area contributed by atoms with Crippen LogP contribution in [0.2, 0.25) is 0 Å². The van der Waals surface area contributed by atoms with Gasteiger partial charge in [0, 0.05) is 25.1 Å². The van der Waals surface area contributed by atoms with Crippen molar-refractivity contribution >= 4 is 11.6 Å². The zero-order valence-corrected chi connectivity index (χ0v) is 11.4. The summed E-state index contributed by atoms with van der Waals surface area (Å²) in [5.41, 5.74) is 1.11. The third-order valence-corrected chi connectivity index (χ3v) is 2.55. The highest BCUT2D eigenvalue weighted by atomic mass is 15.1. The molecule has 0 fully saturated rings. The van der Waals surface area contributed by atoms with E-state index in [2.05, 4.69) is 48.3 Å². The summed E-state index contributed by atoms with van der Waals surface area (Å²) in [5.74, 6) is 2.86. The van der Waals surface area contributed by atoms with E-state index < -0.39 is 0 Å². The van der Waals surface area contributed by atoms with Crippen LogP contribution < -0.4 is 10.6 Å². The molecule has 0 bridgehead atoms. The van der Waals surface area contributed by atoms with E-state index in [-0.39, 0.29) is 0 Å². The lowest BCUT2D eigenvalue weighted by Crippen LogP contribution is -2.11. The Labute approximate surface area is 104 Å². The van der Waals surface area contributed by atoms with Crippen molar-refractivity contribution in [1.29, 1.82) is 0 Å². The Hall–Kier alpha value is -1.32. The zero-order chi connectivity index (χ0) is 12.7. The molecule has 2 N–H and O–H groups in total. The lowest BCUT2D eigenvalue weighted by molar-refractivity contribution is 0.828. The lowest BCUT2D eigenvalue weighted by atomic mass is 10.2. The second kappa shape index (κ2) is 7.09. The first-order valence-electron chi connectivity index (χ1n) is 6.58. The van der Waals surface area contributed by atoms with Gasteiger partial charge in [0.1, 0.15) is 17.5 Å². The number of anilines is 2. The molecule has 17 heavy (non-hydrogen) atoms. The molecule has 4 nitrogen and oxygen atoms in total. The van der Waals surface area contributed by atoms with E-state index in [1.807, 2.05) is 0 Å². The number of aromatic nitrogens is 2. The van der Waals surface area contributed by atoms with Gasteiger partial charge in [-0.3, -0.25) is 0 Å². The number of nitrogens with zero attached hydrogens (tertiary/aromatic N) is 2. The average molecular weight is 236 g/mol. The van der Waals surface area contributed by atoms with Gasteiger partial charge in [0.2, 0.25) is 0 Å². The first-order valence-corrected chi connectivity index (χ1v) is 6.58. The van der Waals surface area contributed by atoms with Gasteiger partial charge in [-0.05, 0) is 26.7 Å². The van der Waals surface area contributed by atoms with Crippen molar-refractivity contribution in [1.82, 2.24) is 9.97 Å². The summed E-state index contributed by atoms with van der Waals surface area (Å²) in [7, 11) is 0. The summed E-state index contributed by atoms with van der Waals surface area (Å²) in [6.45, 7) is 10.3.